The van der Waals surface area contributed by atoms with Gasteiger partial charge in [0.2, 0.25) is 11.7 Å². The van der Waals surface area contributed by atoms with E-state index in [0.717, 1.165) is 12.8 Å². The van der Waals surface area contributed by atoms with Crippen LogP contribution in [0.3, 0.4) is 0 Å². The number of aryl methyl sites for hydroxylation is 1. The van der Waals surface area contributed by atoms with Crippen molar-refractivity contribution in [3.63, 3.8) is 0 Å². The van der Waals surface area contributed by atoms with E-state index in [-0.39, 0.29) is 23.1 Å². The van der Waals surface area contributed by atoms with Gasteiger partial charge >= 0.3 is 6.18 Å². The average molecular weight is 464 g/mol. The molecule has 0 radical (unpaired) electrons. The number of carbonyl (C=O) groups is 2. The fourth-order valence-electron chi connectivity index (χ4n) is 3.95. The summed E-state index contributed by atoms with van der Waals surface area (Å²) in [5.41, 5.74) is 6.79. The van der Waals surface area contributed by atoms with Gasteiger partial charge in [0.05, 0.1) is 0 Å². The molecule has 0 spiro atoms. The summed E-state index contributed by atoms with van der Waals surface area (Å²) in [5.74, 6) is -1.63. The number of anilines is 1. The zero-order chi connectivity index (χ0) is 24.2. The number of nitrogens with two attached hydrogens (primary N) is 1. The van der Waals surface area contributed by atoms with Crippen molar-refractivity contribution in [3.8, 4) is 0 Å². The number of nitrogens with zero attached hydrogens (tertiary/aromatic N) is 4. The lowest BCUT2D eigenvalue weighted by Gasteiger charge is -2.33. The molecule has 0 bridgehead atoms. The smallest absolute Gasteiger partial charge is 0.383 e. The van der Waals surface area contributed by atoms with E-state index >= 15 is 0 Å². The molecule has 1 fully saturated rings. The molecule has 1 aliphatic rings. The van der Waals surface area contributed by atoms with E-state index in [1.54, 1.807) is 30.0 Å². The quantitative estimate of drug-likeness (QED) is 0.680. The van der Waals surface area contributed by atoms with Crippen LogP contribution in [0.2, 0.25) is 0 Å². The highest BCUT2D eigenvalue weighted by Crippen LogP contribution is 2.30. The molecule has 178 valence electrons. The van der Waals surface area contributed by atoms with E-state index in [1.165, 1.54) is 13.1 Å². The molecule has 11 heteroatoms. The van der Waals surface area contributed by atoms with Crippen LogP contribution in [0.1, 0.15) is 53.8 Å². The predicted octanol–water partition coefficient (Wildman–Crippen LogP) is 2.77. The molecule has 8 nitrogen and oxygen atoms in total. The Morgan fingerprint density at radius 2 is 1.94 bits per heavy atom. The summed E-state index contributed by atoms with van der Waals surface area (Å²) in [6.07, 6.45) is -0.415. The number of hydrogen-bond acceptors (Lipinski definition) is 6. The number of carbonyl (C=O) groups excluding carboxylic acids is 2. The molecule has 3 rings (SSSR count). The number of likely N-dealkylation sites (tertiary alicyclic amines) is 1. The number of piperidine rings is 1. The molecule has 2 aromatic rings. The topological polar surface area (TPSA) is 114 Å². The molecule has 0 saturated carbocycles. The number of rotatable bonds is 6. The Balaban J connectivity index is 1.49. The molecule has 2 amide bonds. The Morgan fingerprint density at radius 3 is 2.52 bits per heavy atom. The Morgan fingerprint density at radius 1 is 1.24 bits per heavy atom. The summed E-state index contributed by atoms with van der Waals surface area (Å²) < 4.78 is 38.5. The second-order valence-electron chi connectivity index (χ2n) is 8.21. The van der Waals surface area contributed by atoms with Gasteiger partial charge in [-0.2, -0.15) is 13.2 Å². The van der Waals surface area contributed by atoms with Crippen molar-refractivity contribution in [1.82, 2.24) is 25.2 Å². The predicted molar refractivity (Wildman–Crippen MR) is 115 cm³/mol. The van der Waals surface area contributed by atoms with Crippen LogP contribution in [-0.4, -0.2) is 50.8 Å². The van der Waals surface area contributed by atoms with Crippen molar-refractivity contribution in [3.05, 3.63) is 47.2 Å². The van der Waals surface area contributed by atoms with Crippen LogP contribution < -0.4 is 11.1 Å². The maximum absolute atomic E-state index is 12.8. The summed E-state index contributed by atoms with van der Waals surface area (Å²) in [6, 6.07) is 4.30. The number of aromatic nitrogens is 3. The van der Waals surface area contributed by atoms with Gasteiger partial charge < -0.3 is 16.0 Å². The summed E-state index contributed by atoms with van der Waals surface area (Å²) in [4.78, 5) is 37.6. The molecule has 1 atom stereocenters. The van der Waals surface area contributed by atoms with Gasteiger partial charge in [-0.3, -0.25) is 14.6 Å². The highest BCUT2D eigenvalue weighted by atomic mass is 19.4. The monoisotopic (exact) mass is 464 g/mol. The number of amides is 2. The van der Waals surface area contributed by atoms with Crippen LogP contribution >= 0.6 is 0 Å². The third kappa shape index (κ3) is 6.17. The number of nitrogen functional groups attached to an aromatic ring is 1. The standard InChI is InChI=1S/C22H27F3N6O2/c1-13-16(18(26)30-21(29-13)22(23,24)25)7-6-15-8-11-31(12-9-15)20(33)14(2)28-19(32)17-5-3-4-10-27-17/h3-5,10,14-15H,6-9,11-12H2,1-2H3,(H,28,32)(H2,26,29,30). The summed E-state index contributed by atoms with van der Waals surface area (Å²) >= 11 is 0. The van der Waals surface area contributed by atoms with Crippen molar-refractivity contribution in [2.75, 3.05) is 18.8 Å². The molecule has 33 heavy (non-hydrogen) atoms. The van der Waals surface area contributed by atoms with E-state index in [1.807, 2.05) is 0 Å². The van der Waals surface area contributed by atoms with E-state index in [9.17, 15) is 22.8 Å². The average Bonchev–Trinajstić information content (AvgIpc) is 2.78. The van der Waals surface area contributed by atoms with E-state index in [4.69, 9.17) is 5.73 Å². The lowest BCUT2D eigenvalue weighted by molar-refractivity contribution is -0.145. The SMILES string of the molecule is Cc1nc(C(F)(F)F)nc(N)c1CCC1CCN(C(=O)C(C)NC(=O)c2ccccn2)CC1. The summed E-state index contributed by atoms with van der Waals surface area (Å²) in [7, 11) is 0. The minimum absolute atomic E-state index is 0.139. The Hall–Kier alpha value is -3.24. The number of nitrogens with one attached hydrogen (secondary N) is 1. The first kappa shape index (κ1) is 24.4. The van der Waals surface area contributed by atoms with Gasteiger partial charge in [0.1, 0.15) is 17.6 Å². The molecule has 0 aromatic carbocycles. The lowest BCUT2D eigenvalue weighted by atomic mass is 9.90. The van der Waals surface area contributed by atoms with Crippen molar-refractivity contribution < 1.29 is 22.8 Å². The van der Waals surface area contributed by atoms with Crippen LogP contribution in [0.4, 0.5) is 19.0 Å². The van der Waals surface area contributed by atoms with Gasteiger partial charge in [-0.15, -0.1) is 0 Å². The normalized spacial score (nSPS) is 15.8. The van der Waals surface area contributed by atoms with Gasteiger partial charge in [0.15, 0.2) is 0 Å². The molecule has 1 saturated heterocycles. The Bertz CT molecular complexity index is 968. The highest BCUT2D eigenvalue weighted by molar-refractivity contribution is 5.95. The number of pyridine rings is 1. The minimum Gasteiger partial charge on any atom is -0.383 e. The van der Waals surface area contributed by atoms with Gasteiger partial charge in [-0.1, -0.05) is 6.07 Å². The summed E-state index contributed by atoms with van der Waals surface area (Å²) in [5, 5.41) is 2.68. The van der Waals surface area contributed by atoms with Crippen LogP contribution in [-0.2, 0) is 17.4 Å². The van der Waals surface area contributed by atoms with Gasteiger partial charge in [0, 0.05) is 30.5 Å². The lowest BCUT2D eigenvalue weighted by Crippen LogP contribution is -2.49. The van der Waals surface area contributed by atoms with Gasteiger partial charge in [-0.25, -0.2) is 9.97 Å². The number of hydrogen-bond donors (Lipinski definition) is 2. The molecule has 3 heterocycles. The fraction of sp³-hybridized carbons (Fsp3) is 0.500. The second-order valence-corrected chi connectivity index (χ2v) is 8.21. The Labute approximate surface area is 189 Å². The Kier molecular flexibility index (Phi) is 7.50. The van der Waals surface area contributed by atoms with Crippen LogP contribution in [0, 0.1) is 12.8 Å². The van der Waals surface area contributed by atoms with Crippen molar-refractivity contribution in [2.24, 2.45) is 5.92 Å². The molecule has 1 unspecified atom stereocenters. The fourth-order valence-corrected chi connectivity index (χ4v) is 3.95. The van der Waals surface area contributed by atoms with Crippen molar-refractivity contribution in [2.45, 2.75) is 51.7 Å². The number of alkyl halides is 3. The maximum Gasteiger partial charge on any atom is 0.451 e. The molecular weight excluding hydrogens is 437 g/mol. The molecular formula is C22H27F3N6O2. The van der Waals surface area contributed by atoms with E-state index in [2.05, 4.69) is 20.3 Å². The molecule has 0 aliphatic carbocycles. The number of halogens is 3. The highest BCUT2D eigenvalue weighted by Gasteiger charge is 2.36. The molecule has 3 N–H and O–H groups in total. The van der Waals surface area contributed by atoms with E-state index in [0.29, 0.717) is 37.4 Å². The maximum atomic E-state index is 12.8. The van der Waals surface area contributed by atoms with E-state index < -0.39 is 23.9 Å². The molecule has 2 aromatic heterocycles. The first-order chi connectivity index (χ1) is 15.6. The van der Waals surface area contributed by atoms with Gasteiger partial charge in [-0.05, 0) is 57.6 Å². The van der Waals surface area contributed by atoms with Gasteiger partial charge in [0.25, 0.3) is 5.91 Å². The zero-order valence-electron chi connectivity index (χ0n) is 18.5. The summed E-state index contributed by atoms with van der Waals surface area (Å²) in [6.45, 7) is 4.24. The van der Waals surface area contributed by atoms with Crippen LogP contribution in [0.5, 0.6) is 0 Å². The third-order valence-corrected chi connectivity index (χ3v) is 5.84. The van der Waals surface area contributed by atoms with Crippen molar-refractivity contribution in [1.29, 1.82) is 0 Å². The minimum atomic E-state index is -4.63. The van der Waals surface area contributed by atoms with Crippen molar-refractivity contribution >= 4 is 17.6 Å². The third-order valence-electron chi connectivity index (χ3n) is 5.84. The molecule has 1 aliphatic heterocycles. The van der Waals surface area contributed by atoms with Crippen LogP contribution in [0.15, 0.2) is 24.4 Å². The zero-order valence-corrected chi connectivity index (χ0v) is 18.5. The van der Waals surface area contributed by atoms with Crippen LogP contribution in [0.25, 0.3) is 0 Å². The first-order valence-electron chi connectivity index (χ1n) is 10.8. The largest absolute Gasteiger partial charge is 0.451 e. The second kappa shape index (κ2) is 10.1. The first-order valence-corrected chi connectivity index (χ1v) is 10.8.